The number of likely N-dealkylation sites (N-methyl/N-ethyl adjacent to an activating group) is 1. The van der Waals surface area contributed by atoms with E-state index in [1.807, 2.05) is 19.0 Å². The summed E-state index contributed by atoms with van der Waals surface area (Å²) in [7, 11) is 4.02. The van der Waals surface area contributed by atoms with Gasteiger partial charge in [-0.15, -0.1) is 0 Å². The van der Waals surface area contributed by atoms with E-state index >= 15 is 0 Å². The van der Waals surface area contributed by atoms with Gasteiger partial charge in [0.25, 0.3) is 5.91 Å². The Morgan fingerprint density at radius 2 is 1.75 bits per heavy atom. The topological polar surface area (TPSA) is 61.9 Å². The van der Waals surface area contributed by atoms with Gasteiger partial charge < -0.3 is 19.9 Å². The molecular formula is C18H27N3O3. The van der Waals surface area contributed by atoms with Gasteiger partial charge in [-0.2, -0.15) is 0 Å². The van der Waals surface area contributed by atoms with Crippen LogP contribution in [0.25, 0.3) is 0 Å². The highest BCUT2D eigenvalue weighted by Gasteiger charge is 2.26. The average Bonchev–Trinajstić information content (AvgIpc) is 2.55. The Balaban J connectivity index is 2.11. The maximum Gasteiger partial charge on any atom is 0.254 e. The van der Waals surface area contributed by atoms with E-state index in [1.165, 1.54) is 6.92 Å². The van der Waals surface area contributed by atoms with Crippen molar-refractivity contribution in [3.05, 3.63) is 29.8 Å². The summed E-state index contributed by atoms with van der Waals surface area (Å²) in [6.07, 6.45) is 1.76. The van der Waals surface area contributed by atoms with E-state index in [1.54, 1.807) is 24.3 Å². The number of hydrogen-bond donors (Lipinski definition) is 1. The van der Waals surface area contributed by atoms with Crippen molar-refractivity contribution in [1.82, 2.24) is 9.80 Å². The van der Waals surface area contributed by atoms with Crippen LogP contribution in [0.4, 0.5) is 5.69 Å². The van der Waals surface area contributed by atoms with Crippen LogP contribution in [-0.4, -0.2) is 68.1 Å². The molecule has 1 saturated heterocycles. The van der Waals surface area contributed by atoms with Crippen molar-refractivity contribution in [3.63, 3.8) is 0 Å². The minimum Gasteiger partial charge on any atom is -0.381 e. The number of amides is 2. The predicted molar refractivity (Wildman–Crippen MR) is 94.2 cm³/mol. The first kappa shape index (κ1) is 18.4. The maximum absolute atomic E-state index is 13.0. The Bertz CT molecular complexity index is 551. The normalized spacial score (nSPS) is 15.3. The quantitative estimate of drug-likeness (QED) is 0.863. The Morgan fingerprint density at radius 3 is 2.29 bits per heavy atom. The lowest BCUT2D eigenvalue weighted by molar-refractivity contribution is -0.114. The highest BCUT2D eigenvalue weighted by atomic mass is 16.5. The number of rotatable bonds is 6. The van der Waals surface area contributed by atoms with Gasteiger partial charge in [-0.3, -0.25) is 9.59 Å². The van der Waals surface area contributed by atoms with E-state index in [-0.39, 0.29) is 17.9 Å². The summed E-state index contributed by atoms with van der Waals surface area (Å²) in [5.74, 6) is -0.0815. The Labute approximate surface area is 143 Å². The van der Waals surface area contributed by atoms with Crippen LogP contribution in [-0.2, 0) is 9.53 Å². The Hall–Kier alpha value is -1.92. The van der Waals surface area contributed by atoms with Gasteiger partial charge in [0.2, 0.25) is 5.91 Å². The van der Waals surface area contributed by atoms with Gasteiger partial charge in [0.15, 0.2) is 0 Å². The van der Waals surface area contributed by atoms with Gasteiger partial charge in [-0.05, 0) is 51.2 Å². The third-order valence-corrected chi connectivity index (χ3v) is 4.13. The van der Waals surface area contributed by atoms with Crippen LogP contribution in [0.2, 0.25) is 0 Å². The van der Waals surface area contributed by atoms with Gasteiger partial charge in [0.05, 0.1) is 0 Å². The zero-order chi connectivity index (χ0) is 17.5. The van der Waals surface area contributed by atoms with Gasteiger partial charge in [0, 0.05) is 50.5 Å². The van der Waals surface area contributed by atoms with E-state index < -0.39 is 0 Å². The lowest BCUT2D eigenvalue weighted by Gasteiger charge is -2.35. The van der Waals surface area contributed by atoms with E-state index in [9.17, 15) is 9.59 Å². The van der Waals surface area contributed by atoms with Crippen molar-refractivity contribution in [2.45, 2.75) is 25.8 Å². The molecule has 1 aliphatic rings. The number of carbonyl (C=O) groups is 2. The van der Waals surface area contributed by atoms with E-state index in [4.69, 9.17) is 4.74 Å². The van der Waals surface area contributed by atoms with Crippen LogP contribution in [0.15, 0.2) is 24.3 Å². The molecular weight excluding hydrogens is 306 g/mol. The first-order valence-corrected chi connectivity index (χ1v) is 8.38. The molecule has 1 heterocycles. The first-order chi connectivity index (χ1) is 11.5. The maximum atomic E-state index is 13.0. The molecule has 0 aliphatic carbocycles. The van der Waals surface area contributed by atoms with Crippen molar-refractivity contribution in [2.24, 2.45) is 0 Å². The van der Waals surface area contributed by atoms with Crippen molar-refractivity contribution in [3.8, 4) is 0 Å². The summed E-state index contributed by atoms with van der Waals surface area (Å²) in [5, 5.41) is 2.72. The lowest BCUT2D eigenvalue weighted by atomic mass is 10.0. The predicted octanol–water partition coefficient (Wildman–Crippen LogP) is 1.83. The fourth-order valence-electron chi connectivity index (χ4n) is 2.82. The molecule has 0 aromatic heterocycles. The Kier molecular flexibility index (Phi) is 6.75. The minimum absolute atomic E-state index is 0.0399. The fourth-order valence-corrected chi connectivity index (χ4v) is 2.82. The zero-order valence-corrected chi connectivity index (χ0v) is 14.7. The molecule has 132 valence electrons. The fraction of sp³-hybridized carbons (Fsp3) is 0.556. The zero-order valence-electron chi connectivity index (χ0n) is 14.7. The van der Waals surface area contributed by atoms with Crippen LogP contribution in [0, 0.1) is 0 Å². The lowest BCUT2D eigenvalue weighted by Crippen LogP contribution is -2.46. The second-order valence-electron chi connectivity index (χ2n) is 6.40. The van der Waals surface area contributed by atoms with Crippen molar-refractivity contribution in [1.29, 1.82) is 0 Å². The summed E-state index contributed by atoms with van der Waals surface area (Å²) in [6.45, 7) is 4.40. The molecule has 1 fully saturated rings. The third-order valence-electron chi connectivity index (χ3n) is 4.13. The monoisotopic (exact) mass is 333 g/mol. The molecule has 0 spiro atoms. The van der Waals surface area contributed by atoms with Crippen LogP contribution >= 0.6 is 0 Å². The molecule has 0 saturated carbocycles. The minimum atomic E-state index is -0.121. The highest BCUT2D eigenvalue weighted by Crippen LogP contribution is 2.19. The third kappa shape index (κ3) is 5.32. The van der Waals surface area contributed by atoms with E-state index in [2.05, 4.69) is 10.2 Å². The van der Waals surface area contributed by atoms with E-state index in [0.29, 0.717) is 31.0 Å². The number of benzene rings is 1. The smallest absolute Gasteiger partial charge is 0.254 e. The molecule has 1 aliphatic heterocycles. The molecule has 1 N–H and O–H groups in total. The van der Waals surface area contributed by atoms with Crippen molar-refractivity contribution in [2.75, 3.05) is 45.7 Å². The summed E-state index contributed by atoms with van der Waals surface area (Å²) in [4.78, 5) is 28.1. The Morgan fingerprint density at radius 1 is 1.12 bits per heavy atom. The summed E-state index contributed by atoms with van der Waals surface area (Å²) in [5.41, 5.74) is 1.35. The summed E-state index contributed by atoms with van der Waals surface area (Å²) >= 11 is 0. The van der Waals surface area contributed by atoms with Gasteiger partial charge in [0.1, 0.15) is 0 Å². The second kappa shape index (κ2) is 8.80. The number of ether oxygens (including phenoxy) is 1. The molecule has 1 aromatic rings. The number of anilines is 1. The number of carbonyl (C=O) groups excluding carboxylic acids is 2. The molecule has 0 unspecified atom stereocenters. The SMILES string of the molecule is CC(=O)Nc1ccc(C(=O)N(CCN(C)C)C2CCOCC2)cc1. The van der Waals surface area contributed by atoms with Crippen LogP contribution < -0.4 is 5.32 Å². The van der Waals surface area contributed by atoms with E-state index in [0.717, 1.165) is 19.4 Å². The largest absolute Gasteiger partial charge is 0.381 e. The molecule has 2 rings (SSSR count). The average molecular weight is 333 g/mol. The molecule has 6 heteroatoms. The second-order valence-corrected chi connectivity index (χ2v) is 6.40. The van der Waals surface area contributed by atoms with Gasteiger partial charge >= 0.3 is 0 Å². The summed E-state index contributed by atoms with van der Waals surface area (Å²) in [6, 6.07) is 7.30. The van der Waals surface area contributed by atoms with Crippen LogP contribution in [0.1, 0.15) is 30.1 Å². The highest BCUT2D eigenvalue weighted by molar-refractivity contribution is 5.95. The van der Waals surface area contributed by atoms with Crippen LogP contribution in [0.3, 0.4) is 0 Å². The van der Waals surface area contributed by atoms with Crippen LogP contribution in [0.5, 0.6) is 0 Å². The molecule has 0 atom stereocenters. The molecule has 24 heavy (non-hydrogen) atoms. The summed E-state index contributed by atoms with van der Waals surface area (Å²) < 4.78 is 5.43. The van der Waals surface area contributed by atoms with Gasteiger partial charge in [-0.25, -0.2) is 0 Å². The van der Waals surface area contributed by atoms with Crippen molar-refractivity contribution < 1.29 is 14.3 Å². The number of nitrogens with one attached hydrogen (secondary N) is 1. The first-order valence-electron chi connectivity index (χ1n) is 8.38. The molecule has 0 bridgehead atoms. The molecule has 1 aromatic carbocycles. The molecule has 0 radical (unpaired) electrons. The molecule has 2 amide bonds. The van der Waals surface area contributed by atoms with Crippen molar-refractivity contribution >= 4 is 17.5 Å². The number of nitrogens with zero attached hydrogens (tertiary/aromatic N) is 2. The standard InChI is InChI=1S/C18H27N3O3/c1-14(22)19-16-6-4-15(5-7-16)18(23)21(11-10-20(2)3)17-8-12-24-13-9-17/h4-7,17H,8-13H2,1-3H3,(H,19,22). The number of hydrogen-bond acceptors (Lipinski definition) is 4. The molecule has 6 nitrogen and oxygen atoms in total. The van der Waals surface area contributed by atoms with Gasteiger partial charge in [-0.1, -0.05) is 0 Å².